The molecule has 1 aromatic rings. The van der Waals surface area contributed by atoms with Gasteiger partial charge < -0.3 is 10.5 Å². The van der Waals surface area contributed by atoms with Gasteiger partial charge in [0.15, 0.2) is 0 Å². The molecule has 2 rings (SSSR count). The van der Waals surface area contributed by atoms with Gasteiger partial charge in [0.25, 0.3) is 0 Å². The zero-order valence-electron chi connectivity index (χ0n) is 7.95. The molecule has 0 aromatic heterocycles. The van der Waals surface area contributed by atoms with Crippen molar-refractivity contribution < 1.29 is 4.74 Å². The molecule has 1 aromatic carbocycles. The summed E-state index contributed by atoms with van der Waals surface area (Å²) in [5.41, 5.74) is 5.71. The van der Waals surface area contributed by atoms with Crippen LogP contribution in [0.5, 0.6) is 5.75 Å². The Hall–Kier alpha value is -0.290. The Morgan fingerprint density at radius 2 is 2.21 bits per heavy atom. The van der Waals surface area contributed by atoms with Crippen LogP contribution in [-0.2, 0) is 0 Å². The van der Waals surface area contributed by atoms with Gasteiger partial charge in [0.05, 0.1) is 6.61 Å². The van der Waals surface area contributed by atoms with E-state index in [0.29, 0.717) is 12.0 Å². The number of nitrogens with two attached hydrogens (primary N) is 1. The molecular weight excluding hydrogens is 289 g/mol. The molecule has 1 fully saturated rings. The van der Waals surface area contributed by atoms with Gasteiger partial charge in [0.1, 0.15) is 5.75 Å². The summed E-state index contributed by atoms with van der Waals surface area (Å²) in [7, 11) is 0. The van der Waals surface area contributed by atoms with Crippen LogP contribution in [0.25, 0.3) is 0 Å². The largest absolute Gasteiger partial charge is 0.493 e. The summed E-state index contributed by atoms with van der Waals surface area (Å²) >= 11 is 2.29. The molecule has 0 unspecified atom stereocenters. The summed E-state index contributed by atoms with van der Waals surface area (Å²) in [4.78, 5) is 0. The Balaban J connectivity index is 1.80. The quantitative estimate of drug-likeness (QED) is 0.870. The number of hydrogen-bond acceptors (Lipinski definition) is 2. The Morgan fingerprint density at radius 1 is 1.43 bits per heavy atom. The molecule has 0 saturated heterocycles. The maximum absolute atomic E-state index is 5.71. The lowest BCUT2D eigenvalue weighted by atomic mass is 9.82. The van der Waals surface area contributed by atoms with E-state index in [4.69, 9.17) is 10.5 Å². The van der Waals surface area contributed by atoms with Crippen molar-refractivity contribution in [1.29, 1.82) is 0 Å². The molecule has 0 radical (unpaired) electrons. The molecule has 0 atom stereocenters. The maximum atomic E-state index is 5.71. The molecule has 0 heterocycles. The first-order chi connectivity index (χ1) is 6.74. The number of hydrogen-bond donors (Lipinski definition) is 1. The molecule has 1 saturated carbocycles. The molecule has 0 bridgehead atoms. The standard InChI is InChI=1S/C11H14INO/c12-9-2-1-3-11(6-9)14-7-8-4-10(13)5-8/h1-3,6,8,10H,4-5,7,13H2. The van der Waals surface area contributed by atoms with E-state index in [1.807, 2.05) is 12.1 Å². The average Bonchev–Trinajstić information content (AvgIpc) is 2.11. The van der Waals surface area contributed by atoms with Gasteiger partial charge >= 0.3 is 0 Å². The highest BCUT2D eigenvalue weighted by Gasteiger charge is 2.26. The van der Waals surface area contributed by atoms with Crippen LogP contribution in [0.4, 0.5) is 0 Å². The van der Waals surface area contributed by atoms with Gasteiger partial charge in [-0.2, -0.15) is 0 Å². The summed E-state index contributed by atoms with van der Waals surface area (Å²) in [5, 5.41) is 0. The highest BCUT2D eigenvalue weighted by atomic mass is 127. The Labute approximate surface area is 98.0 Å². The fourth-order valence-electron chi connectivity index (χ4n) is 1.69. The summed E-state index contributed by atoms with van der Waals surface area (Å²) < 4.78 is 6.89. The van der Waals surface area contributed by atoms with Crippen molar-refractivity contribution in [3.8, 4) is 5.75 Å². The minimum absolute atomic E-state index is 0.416. The van der Waals surface area contributed by atoms with Gasteiger partial charge in [-0.1, -0.05) is 6.07 Å². The van der Waals surface area contributed by atoms with Crippen molar-refractivity contribution in [2.24, 2.45) is 11.7 Å². The lowest BCUT2D eigenvalue weighted by Crippen LogP contribution is -2.39. The predicted octanol–water partition coefficient (Wildman–Crippen LogP) is 2.41. The lowest BCUT2D eigenvalue weighted by Gasteiger charge is -2.32. The van der Waals surface area contributed by atoms with Gasteiger partial charge in [0, 0.05) is 9.61 Å². The fourth-order valence-corrected chi connectivity index (χ4v) is 2.21. The van der Waals surface area contributed by atoms with Crippen LogP contribution in [0.1, 0.15) is 12.8 Å². The third kappa shape index (κ3) is 2.60. The van der Waals surface area contributed by atoms with Crippen molar-refractivity contribution in [2.75, 3.05) is 6.61 Å². The molecule has 3 heteroatoms. The Morgan fingerprint density at radius 3 is 2.86 bits per heavy atom. The van der Waals surface area contributed by atoms with Gasteiger partial charge in [-0.15, -0.1) is 0 Å². The van der Waals surface area contributed by atoms with Crippen molar-refractivity contribution >= 4 is 22.6 Å². The van der Waals surface area contributed by atoms with Crippen molar-refractivity contribution in [2.45, 2.75) is 18.9 Å². The van der Waals surface area contributed by atoms with Crippen LogP contribution in [0, 0.1) is 9.49 Å². The Kier molecular flexibility index (Phi) is 3.28. The number of rotatable bonds is 3. The van der Waals surface area contributed by atoms with E-state index in [0.717, 1.165) is 25.2 Å². The molecule has 0 amide bonds. The molecule has 76 valence electrons. The van der Waals surface area contributed by atoms with Crippen LogP contribution in [0.2, 0.25) is 0 Å². The van der Waals surface area contributed by atoms with Gasteiger partial charge in [-0.3, -0.25) is 0 Å². The first-order valence-corrected chi connectivity index (χ1v) is 5.96. The highest BCUT2D eigenvalue weighted by molar-refractivity contribution is 14.1. The average molecular weight is 303 g/mol. The number of benzene rings is 1. The van der Waals surface area contributed by atoms with Crippen LogP contribution < -0.4 is 10.5 Å². The predicted molar refractivity (Wildman–Crippen MR) is 65.4 cm³/mol. The molecule has 0 spiro atoms. The first kappa shape index (κ1) is 10.2. The second-order valence-corrected chi connectivity index (χ2v) is 5.11. The summed E-state index contributed by atoms with van der Waals surface area (Å²) in [6.07, 6.45) is 2.23. The monoisotopic (exact) mass is 303 g/mol. The summed E-state index contributed by atoms with van der Waals surface area (Å²) in [6.45, 7) is 0.813. The molecule has 2 nitrogen and oxygen atoms in total. The molecule has 1 aliphatic rings. The normalized spacial score (nSPS) is 25.6. The molecule has 1 aliphatic carbocycles. The van der Waals surface area contributed by atoms with E-state index in [1.54, 1.807) is 0 Å². The van der Waals surface area contributed by atoms with Crippen molar-refractivity contribution in [1.82, 2.24) is 0 Å². The SMILES string of the molecule is NC1CC(COc2cccc(I)c2)C1. The van der Waals surface area contributed by atoms with Crippen molar-refractivity contribution in [3.63, 3.8) is 0 Å². The Bertz CT molecular complexity index is 310. The van der Waals surface area contributed by atoms with Gasteiger partial charge in [0.2, 0.25) is 0 Å². The van der Waals surface area contributed by atoms with Crippen LogP contribution in [-0.4, -0.2) is 12.6 Å². The van der Waals surface area contributed by atoms with Crippen molar-refractivity contribution in [3.05, 3.63) is 27.8 Å². The van der Waals surface area contributed by atoms with E-state index in [9.17, 15) is 0 Å². The smallest absolute Gasteiger partial charge is 0.120 e. The van der Waals surface area contributed by atoms with Gasteiger partial charge in [-0.25, -0.2) is 0 Å². The first-order valence-electron chi connectivity index (χ1n) is 4.88. The van der Waals surface area contributed by atoms with E-state index in [1.165, 1.54) is 3.57 Å². The number of halogens is 1. The fraction of sp³-hybridized carbons (Fsp3) is 0.455. The lowest BCUT2D eigenvalue weighted by molar-refractivity contribution is 0.160. The zero-order valence-corrected chi connectivity index (χ0v) is 10.1. The zero-order chi connectivity index (χ0) is 9.97. The topological polar surface area (TPSA) is 35.2 Å². The number of ether oxygens (including phenoxy) is 1. The maximum Gasteiger partial charge on any atom is 0.120 e. The third-order valence-corrected chi connectivity index (χ3v) is 3.22. The highest BCUT2D eigenvalue weighted by Crippen LogP contribution is 2.26. The van der Waals surface area contributed by atoms with Gasteiger partial charge in [-0.05, 0) is 59.5 Å². The molecule has 0 aliphatic heterocycles. The molecule has 2 N–H and O–H groups in total. The summed E-state index contributed by atoms with van der Waals surface area (Å²) in [5.74, 6) is 1.64. The minimum atomic E-state index is 0.416. The van der Waals surface area contributed by atoms with E-state index in [2.05, 4.69) is 34.7 Å². The summed E-state index contributed by atoms with van der Waals surface area (Å²) in [6, 6.07) is 8.55. The molecular formula is C11H14INO. The van der Waals surface area contributed by atoms with E-state index >= 15 is 0 Å². The second-order valence-electron chi connectivity index (χ2n) is 3.87. The van der Waals surface area contributed by atoms with E-state index in [-0.39, 0.29) is 0 Å². The minimum Gasteiger partial charge on any atom is -0.493 e. The van der Waals surface area contributed by atoms with Crippen LogP contribution in [0.3, 0.4) is 0 Å². The molecule has 14 heavy (non-hydrogen) atoms. The third-order valence-electron chi connectivity index (χ3n) is 2.55. The van der Waals surface area contributed by atoms with Crippen LogP contribution >= 0.6 is 22.6 Å². The second kappa shape index (κ2) is 4.49. The van der Waals surface area contributed by atoms with E-state index < -0.39 is 0 Å². The van der Waals surface area contributed by atoms with Crippen LogP contribution in [0.15, 0.2) is 24.3 Å².